The van der Waals surface area contributed by atoms with Crippen LogP contribution in [0.1, 0.15) is 25.7 Å². The average molecular weight is 215 g/mol. The number of carbonyl (C=O) groups excluding carboxylic acids is 1. The molecule has 1 rings (SSSR count). The number of hydrogen-bond acceptors (Lipinski definition) is 3. The fourth-order valence-corrected chi connectivity index (χ4v) is 1.54. The van der Waals surface area contributed by atoms with Crippen LogP contribution in [0.2, 0.25) is 0 Å². The molecule has 1 fully saturated rings. The van der Waals surface area contributed by atoms with Gasteiger partial charge >= 0.3 is 5.97 Å². The molecule has 0 aromatic heterocycles. The van der Waals surface area contributed by atoms with E-state index in [0.29, 0.717) is 19.1 Å². The van der Waals surface area contributed by atoms with Gasteiger partial charge in [0.05, 0.1) is 13.0 Å². The first-order chi connectivity index (χ1) is 7.18. The first-order valence-corrected chi connectivity index (χ1v) is 5.24. The van der Waals surface area contributed by atoms with E-state index in [9.17, 15) is 9.59 Å². The predicted octanol–water partition coefficient (Wildman–Crippen LogP) is 0.394. The van der Waals surface area contributed by atoms with Crippen LogP contribution in [0.5, 0.6) is 0 Å². The summed E-state index contributed by atoms with van der Waals surface area (Å²) in [6, 6.07) is 0. The highest BCUT2D eigenvalue weighted by atomic mass is 16.5. The lowest BCUT2D eigenvalue weighted by Gasteiger charge is -2.22. The highest BCUT2D eigenvalue weighted by Crippen LogP contribution is 2.12. The van der Waals surface area contributed by atoms with Crippen molar-refractivity contribution < 1.29 is 19.4 Å². The van der Waals surface area contributed by atoms with E-state index in [0.717, 1.165) is 19.4 Å². The van der Waals surface area contributed by atoms with E-state index in [1.165, 1.54) is 0 Å². The summed E-state index contributed by atoms with van der Waals surface area (Å²) in [4.78, 5) is 21.4. The zero-order valence-corrected chi connectivity index (χ0v) is 8.70. The maximum atomic E-state index is 11.2. The number of carbonyl (C=O) groups is 2. The average Bonchev–Trinajstić information content (AvgIpc) is 2.25. The minimum absolute atomic E-state index is 0.0584. The molecule has 0 spiro atoms. The Balaban J connectivity index is 2.07. The van der Waals surface area contributed by atoms with Gasteiger partial charge < -0.3 is 15.2 Å². The highest BCUT2D eigenvalue weighted by Gasteiger charge is 2.14. The quantitative estimate of drug-likeness (QED) is 0.695. The number of amides is 1. The molecule has 1 heterocycles. The second-order valence-corrected chi connectivity index (χ2v) is 3.78. The van der Waals surface area contributed by atoms with Crippen LogP contribution in [0.3, 0.4) is 0 Å². The molecule has 1 aliphatic rings. The number of nitrogens with one attached hydrogen (secondary N) is 1. The highest BCUT2D eigenvalue weighted by molar-refractivity contribution is 5.80. The molecule has 5 heteroatoms. The van der Waals surface area contributed by atoms with Gasteiger partial charge in [-0.05, 0) is 18.8 Å². The Kier molecular flexibility index (Phi) is 5.10. The van der Waals surface area contributed by atoms with E-state index in [1.807, 2.05) is 0 Å². The molecule has 0 radical (unpaired) electrons. The maximum absolute atomic E-state index is 11.2. The van der Waals surface area contributed by atoms with Crippen LogP contribution in [0.25, 0.3) is 0 Å². The van der Waals surface area contributed by atoms with Crippen molar-refractivity contribution in [2.75, 3.05) is 19.8 Å². The summed E-state index contributed by atoms with van der Waals surface area (Å²) in [5.74, 6) is -0.748. The number of ether oxygens (including phenoxy) is 1. The molecule has 1 saturated heterocycles. The molecule has 5 nitrogen and oxygen atoms in total. The van der Waals surface area contributed by atoms with Crippen molar-refractivity contribution in [2.45, 2.75) is 25.7 Å². The molecule has 2 N–H and O–H groups in total. The van der Waals surface area contributed by atoms with Crippen molar-refractivity contribution in [3.8, 4) is 0 Å². The summed E-state index contributed by atoms with van der Waals surface area (Å²) in [6.07, 6.45) is 2.06. The smallest absolute Gasteiger partial charge is 0.303 e. The van der Waals surface area contributed by atoms with E-state index < -0.39 is 5.97 Å². The van der Waals surface area contributed by atoms with Crippen LogP contribution >= 0.6 is 0 Å². The minimum atomic E-state index is -0.939. The summed E-state index contributed by atoms with van der Waals surface area (Å²) in [5, 5.41) is 11.1. The molecule has 0 saturated carbocycles. The monoisotopic (exact) mass is 215 g/mol. The summed E-state index contributed by atoms with van der Waals surface area (Å²) in [7, 11) is 0. The Hall–Kier alpha value is -1.10. The summed E-state index contributed by atoms with van der Waals surface area (Å²) >= 11 is 0. The van der Waals surface area contributed by atoms with E-state index in [2.05, 4.69) is 5.32 Å². The fraction of sp³-hybridized carbons (Fsp3) is 0.800. The number of rotatable bonds is 5. The Bertz CT molecular complexity index is 223. The third-order valence-electron chi connectivity index (χ3n) is 2.41. The molecule has 1 atom stereocenters. The predicted molar refractivity (Wildman–Crippen MR) is 53.4 cm³/mol. The molecule has 15 heavy (non-hydrogen) atoms. The van der Waals surface area contributed by atoms with Gasteiger partial charge in [0.25, 0.3) is 0 Å². The Morgan fingerprint density at radius 1 is 1.40 bits per heavy atom. The SMILES string of the molecule is O=C(O)CCC(=O)NCC1CCCOC1. The van der Waals surface area contributed by atoms with E-state index in [-0.39, 0.29) is 18.7 Å². The Morgan fingerprint density at radius 3 is 2.80 bits per heavy atom. The van der Waals surface area contributed by atoms with Gasteiger partial charge in [-0.25, -0.2) is 0 Å². The van der Waals surface area contributed by atoms with Crippen LogP contribution in [0.4, 0.5) is 0 Å². The second-order valence-electron chi connectivity index (χ2n) is 3.78. The van der Waals surface area contributed by atoms with Crippen LogP contribution in [0, 0.1) is 5.92 Å². The van der Waals surface area contributed by atoms with Gasteiger partial charge in [0.1, 0.15) is 0 Å². The number of carboxylic acids is 1. The third-order valence-corrected chi connectivity index (χ3v) is 2.41. The van der Waals surface area contributed by atoms with Crippen molar-refractivity contribution in [2.24, 2.45) is 5.92 Å². The Labute approximate surface area is 88.8 Å². The van der Waals surface area contributed by atoms with E-state index in [1.54, 1.807) is 0 Å². The van der Waals surface area contributed by atoms with Crippen molar-refractivity contribution in [1.82, 2.24) is 5.32 Å². The van der Waals surface area contributed by atoms with Gasteiger partial charge in [0, 0.05) is 19.6 Å². The van der Waals surface area contributed by atoms with Crippen molar-refractivity contribution in [3.63, 3.8) is 0 Å². The first-order valence-electron chi connectivity index (χ1n) is 5.24. The van der Waals surface area contributed by atoms with Gasteiger partial charge in [-0.3, -0.25) is 9.59 Å². The molecule has 0 aromatic carbocycles. The molecule has 0 aliphatic carbocycles. The molecular weight excluding hydrogens is 198 g/mol. The van der Waals surface area contributed by atoms with Gasteiger partial charge in [0.2, 0.25) is 5.91 Å². The number of aliphatic carboxylic acids is 1. The van der Waals surface area contributed by atoms with Gasteiger partial charge in [-0.1, -0.05) is 0 Å². The molecular formula is C10H17NO4. The summed E-state index contributed by atoms with van der Waals surface area (Å²) in [5.41, 5.74) is 0. The lowest BCUT2D eigenvalue weighted by Crippen LogP contribution is -2.33. The van der Waals surface area contributed by atoms with E-state index >= 15 is 0 Å². The van der Waals surface area contributed by atoms with Crippen molar-refractivity contribution in [3.05, 3.63) is 0 Å². The molecule has 1 unspecified atom stereocenters. The lowest BCUT2D eigenvalue weighted by molar-refractivity contribution is -0.138. The van der Waals surface area contributed by atoms with Gasteiger partial charge in [0.15, 0.2) is 0 Å². The second kappa shape index (κ2) is 6.40. The zero-order valence-electron chi connectivity index (χ0n) is 8.70. The molecule has 86 valence electrons. The minimum Gasteiger partial charge on any atom is -0.481 e. The third kappa shape index (κ3) is 5.37. The van der Waals surface area contributed by atoms with Crippen molar-refractivity contribution >= 4 is 11.9 Å². The van der Waals surface area contributed by atoms with Crippen LogP contribution in [-0.2, 0) is 14.3 Å². The summed E-state index contributed by atoms with van der Waals surface area (Å²) in [6.45, 7) is 2.10. The standard InChI is InChI=1S/C10H17NO4/c12-9(3-4-10(13)14)11-6-8-2-1-5-15-7-8/h8H,1-7H2,(H,11,12)(H,13,14). The normalized spacial score (nSPS) is 20.9. The van der Waals surface area contributed by atoms with Crippen LogP contribution < -0.4 is 5.32 Å². The molecule has 0 aromatic rings. The zero-order chi connectivity index (χ0) is 11.1. The number of carboxylic acid groups (broad SMARTS) is 1. The van der Waals surface area contributed by atoms with Crippen LogP contribution in [0.15, 0.2) is 0 Å². The maximum Gasteiger partial charge on any atom is 0.303 e. The van der Waals surface area contributed by atoms with Crippen LogP contribution in [-0.4, -0.2) is 36.7 Å². The van der Waals surface area contributed by atoms with E-state index in [4.69, 9.17) is 9.84 Å². The molecule has 1 amide bonds. The lowest BCUT2D eigenvalue weighted by atomic mass is 10.0. The number of hydrogen-bond donors (Lipinski definition) is 2. The fourth-order valence-electron chi connectivity index (χ4n) is 1.54. The first kappa shape index (κ1) is 12.0. The largest absolute Gasteiger partial charge is 0.481 e. The Morgan fingerprint density at radius 2 is 2.20 bits per heavy atom. The summed E-state index contributed by atoms with van der Waals surface area (Å²) < 4.78 is 5.27. The van der Waals surface area contributed by atoms with Gasteiger partial charge in [-0.15, -0.1) is 0 Å². The molecule has 1 aliphatic heterocycles. The van der Waals surface area contributed by atoms with Gasteiger partial charge in [-0.2, -0.15) is 0 Å². The van der Waals surface area contributed by atoms with Crippen molar-refractivity contribution in [1.29, 1.82) is 0 Å². The topological polar surface area (TPSA) is 75.6 Å². The molecule has 0 bridgehead atoms.